The summed E-state index contributed by atoms with van der Waals surface area (Å²) in [5.41, 5.74) is 1.53. The molecule has 1 unspecified atom stereocenters. The third kappa shape index (κ3) is 4.20. The maximum absolute atomic E-state index is 13.2. The van der Waals surface area contributed by atoms with Crippen LogP contribution in [0.25, 0.3) is 0 Å². The second-order valence-electron chi connectivity index (χ2n) is 6.38. The molecule has 128 valence electrons. The molecule has 0 fully saturated rings. The second kappa shape index (κ2) is 6.63. The van der Waals surface area contributed by atoms with Gasteiger partial charge in [0.1, 0.15) is 5.82 Å². The molecule has 0 saturated carbocycles. The quantitative estimate of drug-likeness (QED) is 0.869. The van der Waals surface area contributed by atoms with Gasteiger partial charge in [-0.3, -0.25) is 0 Å². The van der Waals surface area contributed by atoms with Crippen molar-refractivity contribution in [1.82, 2.24) is 4.72 Å². The average molecular weight is 349 g/mol. The lowest BCUT2D eigenvalue weighted by atomic mass is 9.80. The largest absolute Gasteiger partial charge is 0.388 e. The molecule has 0 radical (unpaired) electrons. The van der Waals surface area contributed by atoms with Crippen molar-refractivity contribution < 1.29 is 17.9 Å². The standard InChI is InChI=1S/C18H20FNO3S/c19-17-7-3-4-14(10-17)12-24(22,23)20-13-18(21)9-8-15-5-1-2-6-16(15)11-18/h1-7,10,20-21H,8-9,11-13H2. The van der Waals surface area contributed by atoms with Crippen molar-refractivity contribution in [2.75, 3.05) is 6.54 Å². The van der Waals surface area contributed by atoms with E-state index in [1.54, 1.807) is 6.07 Å². The van der Waals surface area contributed by atoms with Gasteiger partial charge >= 0.3 is 0 Å². The number of hydrogen-bond donors (Lipinski definition) is 2. The molecule has 0 amide bonds. The molecule has 1 atom stereocenters. The lowest BCUT2D eigenvalue weighted by Gasteiger charge is -2.33. The Balaban J connectivity index is 1.64. The highest BCUT2D eigenvalue weighted by molar-refractivity contribution is 7.88. The minimum absolute atomic E-state index is 0.0427. The number of halogens is 1. The Labute approximate surface area is 141 Å². The summed E-state index contributed by atoms with van der Waals surface area (Å²) in [5, 5.41) is 10.7. The minimum atomic E-state index is -3.64. The molecule has 2 aromatic carbocycles. The van der Waals surface area contributed by atoms with E-state index in [4.69, 9.17) is 0 Å². The lowest BCUT2D eigenvalue weighted by Crippen LogP contribution is -2.46. The van der Waals surface area contributed by atoms with Crippen LogP contribution < -0.4 is 4.72 Å². The highest BCUT2D eigenvalue weighted by Gasteiger charge is 2.33. The van der Waals surface area contributed by atoms with E-state index in [1.807, 2.05) is 24.3 Å². The van der Waals surface area contributed by atoms with Crippen LogP contribution in [0.3, 0.4) is 0 Å². The van der Waals surface area contributed by atoms with Gasteiger partial charge in [0.25, 0.3) is 0 Å². The molecule has 2 N–H and O–H groups in total. The van der Waals surface area contributed by atoms with Gasteiger partial charge in [0.15, 0.2) is 0 Å². The molecule has 1 aliphatic carbocycles. The maximum Gasteiger partial charge on any atom is 0.215 e. The van der Waals surface area contributed by atoms with E-state index in [2.05, 4.69) is 4.72 Å². The SMILES string of the molecule is O=S(=O)(Cc1cccc(F)c1)NCC1(O)CCc2ccccc2C1. The van der Waals surface area contributed by atoms with Crippen molar-refractivity contribution in [3.63, 3.8) is 0 Å². The topological polar surface area (TPSA) is 66.4 Å². The van der Waals surface area contributed by atoms with Gasteiger partial charge in [-0.15, -0.1) is 0 Å². The first kappa shape index (κ1) is 17.1. The van der Waals surface area contributed by atoms with Crippen LogP contribution in [-0.2, 0) is 28.6 Å². The summed E-state index contributed by atoms with van der Waals surface area (Å²) in [6.07, 6.45) is 1.65. The zero-order valence-electron chi connectivity index (χ0n) is 13.2. The number of hydrogen-bond acceptors (Lipinski definition) is 3. The average Bonchev–Trinajstić information content (AvgIpc) is 2.53. The van der Waals surface area contributed by atoms with Crippen LogP contribution in [0.15, 0.2) is 48.5 Å². The van der Waals surface area contributed by atoms with Crippen molar-refractivity contribution in [3.05, 3.63) is 71.0 Å². The Hall–Kier alpha value is -1.76. The fraction of sp³-hybridized carbons (Fsp3) is 0.333. The Bertz CT molecular complexity index is 838. The molecule has 0 spiro atoms. The third-order valence-electron chi connectivity index (χ3n) is 4.36. The van der Waals surface area contributed by atoms with Gasteiger partial charge in [0.2, 0.25) is 10.0 Å². The Morgan fingerprint density at radius 2 is 1.88 bits per heavy atom. The van der Waals surface area contributed by atoms with Crippen LogP contribution in [0.2, 0.25) is 0 Å². The van der Waals surface area contributed by atoms with Crippen LogP contribution in [-0.4, -0.2) is 25.7 Å². The predicted molar refractivity (Wildman–Crippen MR) is 90.4 cm³/mol. The van der Waals surface area contributed by atoms with E-state index in [-0.39, 0.29) is 12.3 Å². The van der Waals surface area contributed by atoms with Crippen molar-refractivity contribution in [2.45, 2.75) is 30.6 Å². The first-order valence-corrected chi connectivity index (χ1v) is 9.51. The van der Waals surface area contributed by atoms with Crippen LogP contribution in [0.1, 0.15) is 23.1 Å². The smallest absolute Gasteiger partial charge is 0.215 e. The molecule has 0 heterocycles. The highest BCUT2D eigenvalue weighted by atomic mass is 32.2. The summed E-state index contributed by atoms with van der Waals surface area (Å²) in [5.74, 6) is -0.776. The Morgan fingerprint density at radius 1 is 1.12 bits per heavy atom. The molecule has 1 aliphatic rings. The molecule has 4 nitrogen and oxygen atoms in total. The number of rotatable bonds is 5. The van der Waals surface area contributed by atoms with Gasteiger partial charge in [0, 0.05) is 13.0 Å². The summed E-state index contributed by atoms with van der Waals surface area (Å²) in [6.45, 7) is -0.0427. The van der Waals surface area contributed by atoms with Crippen molar-refractivity contribution in [2.24, 2.45) is 0 Å². The molecular weight excluding hydrogens is 329 g/mol. The van der Waals surface area contributed by atoms with E-state index < -0.39 is 21.4 Å². The molecule has 6 heteroatoms. The zero-order chi connectivity index (χ0) is 17.2. The van der Waals surface area contributed by atoms with Crippen LogP contribution in [0.4, 0.5) is 4.39 Å². The van der Waals surface area contributed by atoms with Crippen molar-refractivity contribution in [3.8, 4) is 0 Å². The van der Waals surface area contributed by atoms with Crippen LogP contribution >= 0.6 is 0 Å². The Morgan fingerprint density at radius 3 is 2.62 bits per heavy atom. The summed E-state index contributed by atoms with van der Waals surface area (Å²) >= 11 is 0. The number of aryl methyl sites for hydroxylation is 1. The molecule has 2 aromatic rings. The van der Waals surface area contributed by atoms with Gasteiger partial charge in [0.05, 0.1) is 11.4 Å². The highest BCUT2D eigenvalue weighted by Crippen LogP contribution is 2.28. The molecular formula is C18H20FNO3S. The molecule has 24 heavy (non-hydrogen) atoms. The number of aliphatic hydroxyl groups is 1. The summed E-state index contributed by atoms with van der Waals surface area (Å²) in [4.78, 5) is 0. The number of sulfonamides is 1. The minimum Gasteiger partial charge on any atom is -0.388 e. The number of fused-ring (bicyclic) bond motifs is 1. The predicted octanol–water partition coefficient (Wildman–Crippen LogP) is 2.17. The molecule has 3 rings (SSSR count). The van der Waals surface area contributed by atoms with Gasteiger partial charge in [-0.05, 0) is 41.7 Å². The monoisotopic (exact) mass is 349 g/mol. The lowest BCUT2D eigenvalue weighted by molar-refractivity contribution is 0.0317. The number of nitrogens with one attached hydrogen (secondary N) is 1. The van der Waals surface area contributed by atoms with Gasteiger partial charge in [-0.25, -0.2) is 17.5 Å². The second-order valence-corrected chi connectivity index (χ2v) is 8.19. The maximum atomic E-state index is 13.2. The molecule has 0 bridgehead atoms. The fourth-order valence-electron chi connectivity index (χ4n) is 3.08. The molecule has 0 aliphatic heterocycles. The van der Waals surface area contributed by atoms with Gasteiger partial charge < -0.3 is 5.11 Å². The zero-order valence-corrected chi connectivity index (χ0v) is 14.0. The summed E-state index contributed by atoms with van der Waals surface area (Å²) < 4.78 is 40.0. The fourth-order valence-corrected chi connectivity index (χ4v) is 4.29. The van der Waals surface area contributed by atoms with E-state index in [0.717, 1.165) is 12.0 Å². The Kier molecular flexibility index (Phi) is 4.71. The van der Waals surface area contributed by atoms with Gasteiger partial charge in [-0.2, -0.15) is 0 Å². The van der Waals surface area contributed by atoms with Crippen LogP contribution in [0, 0.1) is 5.82 Å². The molecule has 0 saturated heterocycles. The van der Waals surface area contributed by atoms with Gasteiger partial charge in [-0.1, -0.05) is 36.4 Å². The van der Waals surface area contributed by atoms with E-state index in [9.17, 15) is 17.9 Å². The number of benzene rings is 2. The first-order chi connectivity index (χ1) is 11.4. The summed E-state index contributed by atoms with van der Waals surface area (Å²) in [7, 11) is -3.64. The first-order valence-electron chi connectivity index (χ1n) is 7.86. The summed E-state index contributed by atoms with van der Waals surface area (Å²) in [6, 6.07) is 13.4. The normalized spacial score (nSPS) is 20.6. The van der Waals surface area contributed by atoms with E-state index >= 15 is 0 Å². The molecule has 0 aromatic heterocycles. The van der Waals surface area contributed by atoms with Crippen molar-refractivity contribution >= 4 is 10.0 Å². The van der Waals surface area contributed by atoms with Crippen molar-refractivity contribution in [1.29, 1.82) is 0 Å². The van der Waals surface area contributed by atoms with E-state index in [1.165, 1.54) is 23.8 Å². The van der Waals surface area contributed by atoms with E-state index in [0.29, 0.717) is 18.4 Å². The third-order valence-corrected chi connectivity index (χ3v) is 5.66. The van der Waals surface area contributed by atoms with Crippen LogP contribution in [0.5, 0.6) is 0 Å².